The lowest BCUT2D eigenvalue weighted by Crippen LogP contribution is -2.28. The van der Waals surface area contributed by atoms with E-state index in [4.69, 9.17) is 10.5 Å². The molecule has 2 rings (SSSR count). The third-order valence-corrected chi connectivity index (χ3v) is 3.41. The summed E-state index contributed by atoms with van der Waals surface area (Å²) in [6.45, 7) is 2.06. The number of hydrogen-bond donors (Lipinski definition) is 2. The molecule has 3 N–H and O–H groups in total. The van der Waals surface area contributed by atoms with Gasteiger partial charge in [-0.3, -0.25) is 0 Å². The molecule has 82 valence electrons. The van der Waals surface area contributed by atoms with Gasteiger partial charge in [-0.15, -0.1) is 0 Å². The maximum atomic E-state index is 9.97. The molecule has 1 aromatic rings. The number of ether oxygens (including phenoxy) is 1. The number of aromatic hydroxyl groups is 1. The van der Waals surface area contributed by atoms with Gasteiger partial charge in [0.2, 0.25) is 0 Å². The Labute approximate surface area is 89.9 Å². The number of phenols is 1. The van der Waals surface area contributed by atoms with Gasteiger partial charge in [0.15, 0.2) is 11.5 Å². The molecule has 0 spiro atoms. The highest BCUT2D eigenvalue weighted by Gasteiger charge is 2.44. The van der Waals surface area contributed by atoms with Crippen molar-refractivity contribution in [2.24, 2.45) is 5.73 Å². The summed E-state index contributed by atoms with van der Waals surface area (Å²) in [7, 11) is 1.55. The van der Waals surface area contributed by atoms with Crippen molar-refractivity contribution in [1.82, 2.24) is 0 Å². The smallest absolute Gasteiger partial charge is 0.161 e. The van der Waals surface area contributed by atoms with Crippen LogP contribution in [-0.2, 0) is 0 Å². The van der Waals surface area contributed by atoms with E-state index in [0.717, 1.165) is 18.4 Å². The molecule has 1 aliphatic rings. The number of rotatable bonds is 3. The van der Waals surface area contributed by atoms with Gasteiger partial charge in [0.1, 0.15) is 0 Å². The van der Waals surface area contributed by atoms with Gasteiger partial charge >= 0.3 is 0 Å². The summed E-state index contributed by atoms with van der Waals surface area (Å²) >= 11 is 0. The zero-order chi connectivity index (χ0) is 11.1. The van der Waals surface area contributed by atoms with Gasteiger partial charge in [-0.1, -0.05) is 19.1 Å². The second-order valence-electron chi connectivity index (χ2n) is 4.35. The monoisotopic (exact) mass is 207 g/mol. The Balaban J connectivity index is 2.35. The van der Waals surface area contributed by atoms with Crippen LogP contribution in [0.25, 0.3) is 0 Å². The first-order valence-electron chi connectivity index (χ1n) is 5.23. The first kappa shape index (κ1) is 10.3. The van der Waals surface area contributed by atoms with Crippen molar-refractivity contribution in [2.45, 2.75) is 31.2 Å². The number of para-hydroxylation sites is 1. The molecule has 1 atom stereocenters. The molecule has 0 bridgehead atoms. The molecule has 0 amide bonds. The predicted molar refractivity (Wildman–Crippen MR) is 59.2 cm³/mol. The lowest BCUT2D eigenvalue weighted by Gasteiger charge is -2.21. The first-order chi connectivity index (χ1) is 7.08. The van der Waals surface area contributed by atoms with Crippen LogP contribution in [0.15, 0.2) is 18.2 Å². The summed E-state index contributed by atoms with van der Waals surface area (Å²) in [5.74, 6) is 0.917. The number of benzene rings is 1. The fraction of sp³-hybridized carbons (Fsp3) is 0.500. The van der Waals surface area contributed by atoms with Crippen molar-refractivity contribution < 1.29 is 9.84 Å². The number of phenolic OH excluding ortho intramolecular Hbond substituents is 1. The average Bonchev–Trinajstić information content (AvgIpc) is 2.97. The SMILES string of the molecule is COc1cccc(C(C)C2(N)CC2)c1O. The van der Waals surface area contributed by atoms with Crippen LogP contribution < -0.4 is 10.5 Å². The third kappa shape index (κ3) is 1.67. The van der Waals surface area contributed by atoms with E-state index in [9.17, 15) is 5.11 Å². The number of methoxy groups -OCH3 is 1. The Morgan fingerprint density at radius 2 is 2.13 bits per heavy atom. The van der Waals surface area contributed by atoms with E-state index in [1.54, 1.807) is 13.2 Å². The molecule has 0 heterocycles. The summed E-state index contributed by atoms with van der Waals surface area (Å²) in [6, 6.07) is 5.55. The van der Waals surface area contributed by atoms with Crippen LogP contribution in [0.5, 0.6) is 11.5 Å². The van der Waals surface area contributed by atoms with E-state index in [1.165, 1.54) is 0 Å². The minimum Gasteiger partial charge on any atom is -0.504 e. The van der Waals surface area contributed by atoms with Gasteiger partial charge in [-0.25, -0.2) is 0 Å². The molecule has 0 saturated heterocycles. The molecule has 0 aromatic heterocycles. The van der Waals surface area contributed by atoms with Crippen molar-refractivity contribution in [3.05, 3.63) is 23.8 Å². The highest BCUT2D eigenvalue weighted by Crippen LogP contribution is 2.48. The molecule has 1 fully saturated rings. The first-order valence-corrected chi connectivity index (χ1v) is 5.23. The average molecular weight is 207 g/mol. The molecule has 15 heavy (non-hydrogen) atoms. The molecular formula is C12H17NO2. The van der Waals surface area contributed by atoms with E-state index in [1.807, 2.05) is 12.1 Å². The third-order valence-electron chi connectivity index (χ3n) is 3.41. The van der Waals surface area contributed by atoms with E-state index in [2.05, 4.69) is 6.92 Å². The van der Waals surface area contributed by atoms with E-state index in [0.29, 0.717) is 5.75 Å². The number of nitrogens with two attached hydrogens (primary N) is 1. The largest absolute Gasteiger partial charge is 0.504 e. The van der Waals surface area contributed by atoms with Crippen molar-refractivity contribution in [1.29, 1.82) is 0 Å². The summed E-state index contributed by atoms with van der Waals surface area (Å²) in [5, 5.41) is 9.97. The summed E-state index contributed by atoms with van der Waals surface area (Å²) < 4.78 is 5.08. The topological polar surface area (TPSA) is 55.5 Å². The molecule has 1 aromatic carbocycles. The quantitative estimate of drug-likeness (QED) is 0.797. The van der Waals surface area contributed by atoms with Crippen LogP contribution >= 0.6 is 0 Å². The van der Waals surface area contributed by atoms with Crippen LogP contribution in [0.1, 0.15) is 31.2 Å². The molecular weight excluding hydrogens is 190 g/mol. The fourth-order valence-electron chi connectivity index (χ4n) is 1.94. The summed E-state index contributed by atoms with van der Waals surface area (Å²) in [5.41, 5.74) is 6.89. The fourth-order valence-corrected chi connectivity index (χ4v) is 1.94. The highest BCUT2D eigenvalue weighted by molar-refractivity contribution is 5.48. The standard InChI is InChI=1S/C12H17NO2/c1-8(12(13)6-7-12)9-4-3-5-10(15-2)11(9)14/h3-5,8,14H,6-7,13H2,1-2H3. The zero-order valence-corrected chi connectivity index (χ0v) is 9.16. The van der Waals surface area contributed by atoms with Gasteiger partial charge in [-0.05, 0) is 18.9 Å². The second-order valence-corrected chi connectivity index (χ2v) is 4.35. The van der Waals surface area contributed by atoms with Crippen LogP contribution in [0.4, 0.5) is 0 Å². The van der Waals surface area contributed by atoms with Gasteiger partial charge in [0.25, 0.3) is 0 Å². The summed E-state index contributed by atoms with van der Waals surface area (Å²) in [4.78, 5) is 0. The van der Waals surface area contributed by atoms with Gasteiger partial charge in [0.05, 0.1) is 7.11 Å². The minimum absolute atomic E-state index is 0.121. The van der Waals surface area contributed by atoms with E-state index in [-0.39, 0.29) is 17.2 Å². The van der Waals surface area contributed by atoms with Crippen LogP contribution in [0.3, 0.4) is 0 Å². The van der Waals surface area contributed by atoms with Gasteiger partial charge in [0, 0.05) is 17.0 Å². The van der Waals surface area contributed by atoms with Crippen molar-refractivity contribution in [3.63, 3.8) is 0 Å². The van der Waals surface area contributed by atoms with E-state index < -0.39 is 0 Å². The normalized spacial score (nSPS) is 19.7. The molecule has 1 unspecified atom stereocenters. The molecule has 0 aliphatic heterocycles. The second kappa shape index (κ2) is 3.42. The summed E-state index contributed by atoms with van der Waals surface area (Å²) in [6.07, 6.45) is 2.07. The van der Waals surface area contributed by atoms with Crippen LogP contribution in [0.2, 0.25) is 0 Å². The lowest BCUT2D eigenvalue weighted by atomic mass is 9.91. The maximum absolute atomic E-state index is 9.97. The zero-order valence-electron chi connectivity index (χ0n) is 9.16. The van der Waals surface area contributed by atoms with Crippen LogP contribution in [-0.4, -0.2) is 17.8 Å². The highest BCUT2D eigenvalue weighted by atomic mass is 16.5. The molecule has 0 radical (unpaired) electrons. The number of hydrogen-bond acceptors (Lipinski definition) is 3. The molecule has 1 saturated carbocycles. The minimum atomic E-state index is -0.121. The van der Waals surface area contributed by atoms with Gasteiger partial charge < -0.3 is 15.6 Å². The van der Waals surface area contributed by atoms with Gasteiger partial charge in [-0.2, -0.15) is 0 Å². The predicted octanol–water partition coefficient (Wildman–Crippen LogP) is 2.00. The Bertz CT molecular complexity index is 372. The van der Waals surface area contributed by atoms with Crippen molar-refractivity contribution in [2.75, 3.05) is 7.11 Å². The van der Waals surface area contributed by atoms with Crippen LogP contribution in [0, 0.1) is 0 Å². The van der Waals surface area contributed by atoms with Crippen molar-refractivity contribution >= 4 is 0 Å². The Kier molecular flexibility index (Phi) is 2.35. The van der Waals surface area contributed by atoms with Crippen molar-refractivity contribution in [3.8, 4) is 11.5 Å². The lowest BCUT2D eigenvalue weighted by molar-refractivity contribution is 0.366. The molecule has 3 heteroatoms. The Morgan fingerprint density at radius 1 is 1.47 bits per heavy atom. The Hall–Kier alpha value is -1.22. The maximum Gasteiger partial charge on any atom is 0.161 e. The molecule has 3 nitrogen and oxygen atoms in total. The molecule has 1 aliphatic carbocycles. The van der Waals surface area contributed by atoms with E-state index >= 15 is 0 Å². The Morgan fingerprint density at radius 3 is 2.67 bits per heavy atom.